The lowest BCUT2D eigenvalue weighted by atomic mass is 9.70. The minimum atomic E-state index is 0.106. The van der Waals surface area contributed by atoms with Crippen LogP contribution in [0.15, 0.2) is 10.5 Å². The van der Waals surface area contributed by atoms with Crippen LogP contribution >= 0.6 is 0 Å². The first-order valence-corrected chi connectivity index (χ1v) is 7.28. The summed E-state index contributed by atoms with van der Waals surface area (Å²) in [6.07, 6.45) is 2.52. The summed E-state index contributed by atoms with van der Waals surface area (Å²) in [6.45, 7) is 12.9. The van der Waals surface area contributed by atoms with Gasteiger partial charge in [-0.2, -0.15) is 0 Å². The SMILES string of the molecule is CC(=O)c1cc([C@@]23[C@@H](CCC2(C)C)C3(C)C)oc1C. The van der Waals surface area contributed by atoms with Crippen molar-refractivity contribution in [1.29, 1.82) is 0 Å². The van der Waals surface area contributed by atoms with Gasteiger partial charge in [0.25, 0.3) is 0 Å². The molecule has 0 aromatic carbocycles. The molecule has 0 spiro atoms. The summed E-state index contributed by atoms with van der Waals surface area (Å²) in [4.78, 5) is 11.7. The number of ketones is 1. The topological polar surface area (TPSA) is 30.2 Å². The summed E-state index contributed by atoms with van der Waals surface area (Å²) >= 11 is 0. The molecular weight excluding hydrogens is 236 g/mol. The molecule has 2 fully saturated rings. The lowest BCUT2D eigenvalue weighted by Gasteiger charge is -2.34. The second kappa shape index (κ2) is 3.34. The van der Waals surface area contributed by atoms with Crippen LogP contribution < -0.4 is 0 Å². The molecule has 0 bridgehead atoms. The predicted octanol–water partition coefficient (Wildman–Crippen LogP) is 4.50. The van der Waals surface area contributed by atoms with E-state index < -0.39 is 0 Å². The third-order valence-electron chi connectivity index (χ3n) is 6.14. The number of carbonyl (C=O) groups is 1. The molecule has 0 saturated heterocycles. The summed E-state index contributed by atoms with van der Waals surface area (Å²) in [5, 5.41) is 0. The Balaban J connectivity index is 2.16. The molecule has 1 heterocycles. The van der Waals surface area contributed by atoms with E-state index in [0.29, 0.717) is 5.92 Å². The molecule has 2 aliphatic carbocycles. The van der Waals surface area contributed by atoms with Gasteiger partial charge in [0.15, 0.2) is 5.78 Å². The van der Waals surface area contributed by atoms with Crippen molar-refractivity contribution < 1.29 is 9.21 Å². The van der Waals surface area contributed by atoms with E-state index in [9.17, 15) is 4.79 Å². The van der Waals surface area contributed by atoms with Gasteiger partial charge in [0.05, 0.1) is 5.56 Å². The van der Waals surface area contributed by atoms with Crippen molar-refractivity contribution in [3.05, 3.63) is 23.2 Å². The Hall–Kier alpha value is -1.05. The van der Waals surface area contributed by atoms with Crippen molar-refractivity contribution in [3.8, 4) is 0 Å². The largest absolute Gasteiger partial charge is 0.465 e. The van der Waals surface area contributed by atoms with Gasteiger partial charge in [-0.15, -0.1) is 0 Å². The van der Waals surface area contributed by atoms with Crippen molar-refractivity contribution in [2.45, 2.75) is 59.8 Å². The van der Waals surface area contributed by atoms with E-state index in [1.165, 1.54) is 12.8 Å². The second-order valence-electron chi connectivity index (χ2n) is 7.64. The summed E-state index contributed by atoms with van der Waals surface area (Å²) in [5.41, 5.74) is 1.42. The van der Waals surface area contributed by atoms with Crippen LogP contribution in [0.1, 0.15) is 69.3 Å². The molecule has 19 heavy (non-hydrogen) atoms. The third-order valence-corrected chi connectivity index (χ3v) is 6.14. The number of rotatable bonds is 2. The highest BCUT2D eigenvalue weighted by Crippen LogP contribution is 2.82. The summed E-state index contributed by atoms with van der Waals surface area (Å²) in [6, 6.07) is 2.02. The van der Waals surface area contributed by atoms with Gasteiger partial charge in [-0.3, -0.25) is 4.79 Å². The first-order valence-electron chi connectivity index (χ1n) is 7.28. The Labute approximate surface area is 115 Å². The molecule has 2 heteroatoms. The molecule has 2 atom stereocenters. The predicted molar refractivity (Wildman–Crippen MR) is 75.4 cm³/mol. The normalized spacial score (nSPS) is 34.1. The summed E-state index contributed by atoms with van der Waals surface area (Å²) in [7, 11) is 0. The number of furan rings is 1. The molecule has 2 aliphatic rings. The molecule has 1 aromatic heterocycles. The van der Waals surface area contributed by atoms with Crippen LogP contribution in [-0.4, -0.2) is 5.78 Å². The van der Waals surface area contributed by atoms with Gasteiger partial charge >= 0.3 is 0 Å². The zero-order valence-electron chi connectivity index (χ0n) is 12.9. The van der Waals surface area contributed by atoms with E-state index in [4.69, 9.17) is 4.42 Å². The first-order chi connectivity index (χ1) is 8.66. The highest BCUT2D eigenvalue weighted by atomic mass is 16.3. The zero-order chi connectivity index (χ0) is 14.2. The maximum Gasteiger partial charge on any atom is 0.163 e. The summed E-state index contributed by atoms with van der Waals surface area (Å²) < 4.78 is 6.05. The Morgan fingerprint density at radius 1 is 1.32 bits per heavy atom. The zero-order valence-corrected chi connectivity index (χ0v) is 12.9. The van der Waals surface area contributed by atoms with E-state index in [-0.39, 0.29) is 22.0 Å². The van der Waals surface area contributed by atoms with Gasteiger partial charge < -0.3 is 4.42 Å². The monoisotopic (exact) mass is 260 g/mol. The number of fused-ring (bicyclic) bond motifs is 1. The average Bonchev–Trinajstić information content (AvgIpc) is 2.59. The minimum Gasteiger partial charge on any atom is -0.465 e. The fraction of sp³-hybridized carbons (Fsp3) is 0.706. The molecule has 0 unspecified atom stereocenters. The molecule has 2 saturated carbocycles. The van der Waals surface area contributed by atoms with E-state index in [1.54, 1.807) is 6.92 Å². The van der Waals surface area contributed by atoms with Gasteiger partial charge in [-0.1, -0.05) is 27.7 Å². The minimum absolute atomic E-state index is 0.106. The van der Waals surface area contributed by atoms with Crippen LogP contribution in [0.4, 0.5) is 0 Å². The average molecular weight is 260 g/mol. The highest BCUT2D eigenvalue weighted by Gasteiger charge is 2.81. The van der Waals surface area contributed by atoms with Gasteiger partial charge in [0, 0.05) is 5.41 Å². The van der Waals surface area contributed by atoms with Crippen molar-refractivity contribution in [2.24, 2.45) is 16.7 Å². The molecule has 2 nitrogen and oxygen atoms in total. The number of carbonyl (C=O) groups excluding carboxylic acids is 1. The fourth-order valence-corrected chi connectivity index (χ4v) is 5.34. The lowest BCUT2D eigenvalue weighted by molar-refractivity contribution is 0.101. The molecule has 0 amide bonds. The maximum atomic E-state index is 11.7. The summed E-state index contributed by atoms with van der Waals surface area (Å²) in [5.74, 6) is 2.63. The van der Waals surface area contributed by atoms with Crippen LogP contribution in [-0.2, 0) is 5.41 Å². The Bertz CT molecular complexity index is 562. The molecule has 3 rings (SSSR count). The van der Waals surface area contributed by atoms with Crippen LogP contribution in [0, 0.1) is 23.7 Å². The standard InChI is InChI=1S/C17H24O2/c1-10(18)12-9-14(19-11(12)2)17-13(16(17,5)6)7-8-15(17,3)4/h9,13H,7-8H2,1-6H3/t13-,17-/m0/s1. The molecule has 0 aliphatic heterocycles. The molecule has 104 valence electrons. The molecule has 0 N–H and O–H groups in total. The Morgan fingerprint density at radius 3 is 2.37 bits per heavy atom. The van der Waals surface area contributed by atoms with Gasteiger partial charge in [0.2, 0.25) is 0 Å². The van der Waals surface area contributed by atoms with Crippen molar-refractivity contribution >= 4 is 5.78 Å². The third kappa shape index (κ3) is 1.25. The van der Waals surface area contributed by atoms with Gasteiger partial charge in [-0.25, -0.2) is 0 Å². The quantitative estimate of drug-likeness (QED) is 0.733. The van der Waals surface area contributed by atoms with Gasteiger partial charge in [-0.05, 0) is 49.5 Å². The van der Waals surface area contributed by atoms with Crippen molar-refractivity contribution in [3.63, 3.8) is 0 Å². The van der Waals surface area contributed by atoms with Gasteiger partial charge in [0.1, 0.15) is 11.5 Å². The lowest BCUT2D eigenvalue weighted by Crippen LogP contribution is -2.31. The van der Waals surface area contributed by atoms with E-state index in [2.05, 4.69) is 27.7 Å². The Kier molecular flexibility index (Phi) is 2.28. The number of hydrogen-bond donors (Lipinski definition) is 0. The number of hydrogen-bond acceptors (Lipinski definition) is 2. The van der Waals surface area contributed by atoms with E-state index in [1.807, 2.05) is 13.0 Å². The van der Waals surface area contributed by atoms with E-state index >= 15 is 0 Å². The van der Waals surface area contributed by atoms with Crippen LogP contribution in [0.25, 0.3) is 0 Å². The highest BCUT2D eigenvalue weighted by molar-refractivity contribution is 5.95. The van der Waals surface area contributed by atoms with Crippen LogP contribution in [0.2, 0.25) is 0 Å². The van der Waals surface area contributed by atoms with E-state index in [0.717, 1.165) is 17.1 Å². The smallest absolute Gasteiger partial charge is 0.163 e. The first kappa shape index (κ1) is 13.0. The van der Waals surface area contributed by atoms with Crippen LogP contribution in [0.3, 0.4) is 0 Å². The second-order valence-corrected chi connectivity index (χ2v) is 7.64. The molecule has 1 aromatic rings. The molecule has 0 radical (unpaired) electrons. The van der Waals surface area contributed by atoms with Crippen molar-refractivity contribution in [2.75, 3.05) is 0 Å². The van der Waals surface area contributed by atoms with Crippen molar-refractivity contribution in [1.82, 2.24) is 0 Å². The number of Topliss-reactive ketones (excluding diaryl/α,β-unsaturated/α-hetero) is 1. The van der Waals surface area contributed by atoms with Crippen LogP contribution in [0.5, 0.6) is 0 Å². The fourth-order valence-electron chi connectivity index (χ4n) is 5.34. The maximum absolute atomic E-state index is 11.7. The Morgan fingerprint density at radius 2 is 1.95 bits per heavy atom. The molecular formula is C17H24O2. The number of aryl methyl sites for hydroxylation is 1.